The third-order valence-corrected chi connectivity index (χ3v) is 2.87. The van der Waals surface area contributed by atoms with E-state index in [-0.39, 0.29) is 11.8 Å². The number of esters is 1. The zero-order chi connectivity index (χ0) is 15.2. The quantitative estimate of drug-likeness (QED) is 0.690. The second-order valence-electron chi connectivity index (χ2n) is 4.92. The van der Waals surface area contributed by atoms with Crippen molar-refractivity contribution in [2.75, 3.05) is 5.32 Å². The minimum Gasteiger partial charge on any atom is -0.423 e. The summed E-state index contributed by atoms with van der Waals surface area (Å²) in [5, 5.41) is 2.77. The third kappa shape index (κ3) is 4.18. The van der Waals surface area contributed by atoms with E-state index in [1.165, 1.54) is 0 Å². The lowest BCUT2D eigenvalue weighted by Gasteiger charge is -2.08. The molecule has 0 radical (unpaired) electrons. The number of benzene rings is 2. The van der Waals surface area contributed by atoms with Gasteiger partial charge in [-0.15, -0.1) is 0 Å². The summed E-state index contributed by atoms with van der Waals surface area (Å²) in [5.74, 6) is -0.0787. The standard InChI is InChI=1S/C17H17NO3/c1-12(2)16(19)18-14-10-8-13(9-11-14)17(20)21-15-6-4-3-5-7-15/h3-12H,1-2H3,(H,18,19). The molecule has 4 nitrogen and oxygen atoms in total. The average Bonchev–Trinajstić information content (AvgIpc) is 2.48. The molecule has 108 valence electrons. The summed E-state index contributed by atoms with van der Waals surface area (Å²) in [6.45, 7) is 3.64. The summed E-state index contributed by atoms with van der Waals surface area (Å²) in [6.07, 6.45) is 0. The molecular weight excluding hydrogens is 266 g/mol. The van der Waals surface area contributed by atoms with Crippen LogP contribution in [0.3, 0.4) is 0 Å². The molecule has 0 unspecified atom stereocenters. The second kappa shape index (κ2) is 6.70. The van der Waals surface area contributed by atoms with Crippen molar-refractivity contribution in [2.24, 2.45) is 5.92 Å². The van der Waals surface area contributed by atoms with E-state index in [1.54, 1.807) is 48.5 Å². The van der Waals surface area contributed by atoms with E-state index in [1.807, 2.05) is 19.9 Å². The molecular formula is C17H17NO3. The molecule has 21 heavy (non-hydrogen) atoms. The molecule has 0 aliphatic carbocycles. The lowest BCUT2D eigenvalue weighted by molar-refractivity contribution is -0.118. The summed E-state index contributed by atoms with van der Waals surface area (Å²) < 4.78 is 5.23. The van der Waals surface area contributed by atoms with Gasteiger partial charge in [0.15, 0.2) is 0 Å². The maximum absolute atomic E-state index is 11.9. The predicted octanol–water partition coefficient (Wildman–Crippen LogP) is 3.50. The number of hydrogen-bond acceptors (Lipinski definition) is 3. The minimum atomic E-state index is -0.428. The van der Waals surface area contributed by atoms with Crippen LogP contribution in [0.4, 0.5) is 5.69 Å². The van der Waals surface area contributed by atoms with Gasteiger partial charge in [-0.1, -0.05) is 32.0 Å². The van der Waals surface area contributed by atoms with Gasteiger partial charge in [0.2, 0.25) is 5.91 Å². The van der Waals surface area contributed by atoms with E-state index in [2.05, 4.69) is 5.32 Å². The van der Waals surface area contributed by atoms with Crippen molar-refractivity contribution >= 4 is 17.6 Å². The Morgan fingerprint density at radius 2 is 1.57 bits per heavy atom. The van der Waals surface area contributed by atoms with Crippen molar-refractivity contribution in [3.63, 3.8) is 0 Å². The number of hydrogen-bond donors (Lipinski definition) is 1. The molecule has 1 N–H and O–H groups in total. The number of ether oxygens (including phenoxy) is 1. The van der Waals surface area contributed by atoms with Gasteiger partial charge in [0.1, 0.15) is 5.75 Å². The Bertz CT molecular complexity index is 618. The molecule has 0 atom stereocenters. The molecule has 0 bridgehead atoms. The fraction of sp³-hybridized carbons (Fsp3) is 0.176. The first-order valence-electron chi connectivity index (χ1n) is 6.74. The highest BCUT2D eigenvalue weighted by atomic mass is 16.5. The number of anilines is 1. The summed E-state index contributed by atoms with van der Waals surface area (Å²) >= 11 is 0. The molecule has 0 saturated carbocycles. The van der Waals surface area contributed by atoms with Crippen molar-refractivity contribution in [3.8, 4) is 5.75 Å². The Morgan fingerprint density at radius 3 is 2.14 bits per heavy atom. The predicted molar refractivity (Wildman–Crippen MR) is 81.3 cm³/mol. The molecule has 2 aromatic rings. The number of nitrogens with one attached hydrogen (secondary N) is 1. The third-order valence-electron chi connectivity index (χ3n) is 2.87. The lowest BCUT2D eigenvalue weighted by Crippen LogP contribution is -2.17. The monoisotopic (exact) mass is 283 g/mol. The summed E-state index contributed by atoms with van der Waals surface area (Å²) in [7, 11) is 0. The SMILES string of the molecule is CC(C)C(=O)Nc1ccc(C(=O)Oc2ccccc2)cc1. The topological polar surface area (TPSA) is 55.4 Å². The second-order valence-corrected chi connectivity index (χ2v) is 4.92. The zero-order valence-corrected chi connectivity index (χ0v) is 12.0. The van der Waals surface area contributed by atoms with Crippen LogP contribution in [0, 0.1) is 5.92 Å². The van der Waals surface area contributed by atoms with Crippen LogP contribution in [-0.4, -0.2) is 11.9 Å². The van der Waals surface area contributed by atoms with Gasteiger partial charge in [0, 0.05) is 11.6 Å². The first-order chi connectivity index (χ1) is 10.1. The number of carbonyl (C=O) groups excluding carboxylic acids is 2. The van der Waals surface area contributed by atoms with Crippen molar-refractivity contribution in [3.05, 3.63) is 60.2 Å². The van der Waals surface area contributed by atoms with Crippen LogP contribution >= 0.6 is 0 Å². The molecule has 0 spiro atoms. The Balaban J connectivity index is 2.01. The molecule has 0 saturated heterocycles. The van der Waals surface area contributed by atoms with Crippen LogP contribution in [0.5, 0.6) is 5.75 Å². The van der Waals surface area contributed by atoms with E-state index < -0.39 is 5.97 Å². The van der Waals surface area contributed by atoms with E-state index in [9.17, 15) is 9.59 Å². The van der Waals surface area contributed by atoms with Crippen molar-refractivity contribution in [2.45, 2.75) is 13.8 Å². The van der Waals surface area contributed by atoms with Crippen LogP contribution in [0.25, 0.3) is 0 Å². The van der Waals surface area contributed by atoms with Crippen LogP contribution in [0.15, 0.2) is 54.6 Å². The number of amides is 1. The Labute approximate surface area is 123 Å². The highest BCUT2D eigenvalue weighted by molar-refractivity contribution is 5.94. The smallest absolute Gasteiger partial charge is 0.343 e. The van der Waals surface area contributed by atoms with Crippen LogP contribution in [0.2, 0.25) is 0 Å². The molecule has 0 fully saturated rings. The van der Waals surface area contributed by atoms with E-state index in [0.29, 0.717) is 17.0 Å². The van der Waals surface area contributed by atoms with E-state index >= 15 is 0 Å². The minimum absolute atomic E-state index is 0.0605. The van der Waals surface area contributed by atoms with Gasteiger partial charge in [0.05, 0.1) is 5.56 Å². The highest BCUT2D eigenvalue weighted by Crippen LogP contribution is 2.14. The lowest BCUT2D eigenvalue weighted by atomic mass is 10.1. The van der Waals surface area contributed by atoms with Gasteiger partial charge in [-0.2, -0.15) is 0 Å². The van der Waals surface area contributed by atoms with Crippen LogP contribution in [-0.2, 0) is 4.79 Å². The fourth-order valence-corrected chi connectivity index (χ4v) is 1.63. The number of rotatable bonds is 4. The van der Waals surface area contributed by atoms with E-state index in [0.717, 1.165) is 0 Å². The van der Waals surface area contributed by atoms with E-state index in [4.69, 9.17) is 4.74 Å². The normalized spacial score (nSPS) is 10.2. The molecule has 4 heteroatoms. The first-order valence-corrected chi connectivity index (χ1v) is 6.74. The largest absolute Gasteiger partial charge is 0.423 e. The summed E-state index contributed by atoms with van der Waals surface area (Å²) in [6, 6.07) is 15.5. The van der Waals surface area contributed by atoms with Crippen molar-refractivity contribution in [1.29, 1.82) is 0 Å². The molecule has 2 rings (SSSR count). The zero-order valence-electron chi connectivity index (χ0n) is 12.0. The van der Waals surface area contributed by atoms with Crippen LogP contribution < -0.4 is 10.1 Å². The van der Waals surface area contributed by atoms with Gasteiger partial charge in [-0.3, -0.25) is 4.79 Å². The van der Waals surface area contributed by atoms with Crippen molar-refractivity contribution < 1.29 is 14.3 Å². The van der Waals surface area contributed by atoms with Gasteiger partial charge in [-0.25, -0.2) is 4.79 Å². The van der Waals surface area contributed by atoms with Gasteiger partial charge >= 0.3 is 5.97 Å². The maximum atomic E-state index is 11.9. The highest BCUT2D eigenvalue weighted by Gasteiger charge is 2.10. The summed E-state index contributed by atoms with van der Waals surface area (Å²) in [4.78, 5) is 23.5. The molecule has 0 heterocycles. The maximum Gasteiger partial charge on any atom is 0.343 e. The van der Waals surface area contributed by atoms with Crippen molar-refractivity contribution in [1.82, 2.24) is 0 Å². The van der Waals surface area contributed by atoms with Gasteiger partial charge in [-0.05, 0) is 36.4 Å². The molecule has 0 aliphatic heterocycles. The number of para-hydroxylation sites is 1. The Morgan fingerprint density at radius 1 is 0.952 bits per heavy atom. The summed E-state index contributed by atoms with van der Waals surface area (Å²) in [5.41, 5.74) is 1.09. The molecule has 1 amide bonds. The average molecular weight is 283 g/mol. The molecule has 0 aliphatic rings. The number of carbonyl (C=O) groups is 2. The van der Waals surface area contributed by atoms with Gasteiger partial charge in [0.25, 0.3) is 0 Å². The first kappa shape index (κ1) is 14.8. The Kier molecular flexibility index (Phi) is 4.72. The van der Waals surface area contributed by atoms with Gasteiger partial charge < -0.3 is 10.1 Å². The van der Waals surface area contributed by atoms with Crippen LogP contribution in [0.1, 0.15) is 24.2 Å². The molecule has 0 aromatic heterocycles. The Hall–Kier alpha value is -2.62. The molecule has 2 aromatic carbocycles. The fourth-order valence-electron chi connectivity index (χ4n) is 1.63.